The van der Waals surface area contributed by atoms with Crippen molar-refractivity contribution < 1.29 is 9.92 Å². The summed E-state index contributed by atoms with van der Waals surface area (Å²) in [4.78, 5) is 15.9. The lowest BCUT2D eigenvalue weighted by molar-refractivity contribution is -0.773. The normalized spacial score (nSPS) is 44.1. The molecule has 0 saturated heterocycles. The zero-order valence-electron chi connectivity index (χ0n) is 13.9. The molecule has 0 spiro atoms. The average molecular weight is 298 g/mol. The minimum Gasteiger partial charge on any atom is -0.330 e. The zero-order valence-corrected chi connectivity index (χ0v) is 13.9. The fraction of sp³-hybridized carbons (Fsp3) is 1.00. The first-order chi connectivity index (χ1) is 9.66. The van der Waals surface area contributed by atoms with Crippen LogP contribution in [-0.4, -0.2) is 17.7 Å². The number of nitrogens with zero attached hydrogens (tertiary/aromatic N) is 1. The van der Waals surface area contributed by atoms with Crippen LogP contribution in [0.25, 0.3) is 0 Å². The summed E-state index contributed by atoms with van der Waals surface area (Å²) in [5.41, 5.74) is 6.36. The molecule has 5 atom stereocenters. The summed E-state index contributed by atoms with van der Waals surface area (Å²) in [7, 11) is 0. The molecule has 0 aliphatic heterocycles. The lowest BCUT2D eigenvalue weighted by atomic mass is 9.46. The fourth-order valence-electron chi connectivity index (χ4n) is 6.12. The van der Waals surface area contributed by atoms with Crippen molar-refractivity contribution in [3.63, 3.8) is 0 Å². The lowest BCUT2D eigenvalue weighted by Crippen LogP contribution is -2.55. The predicted molar refractivity (Wildman–Crippen MR) is 82.1 cm³/mol. The Kier molecular flexibility index (Phi) is 4.26. The van der Waals surface area contributed by atoms with Crippen molar-refractivity contribution in [3.8, 4) is 0 Å². The number of nitrogens with two attached hydrogens (primary N) is 1. The molecule has 21 heavy (non-hydrogen) atoms. The van der Waals surface area contributed by atoms with Gasteiger partial charge in [0.2, 0.25) is 0 Å². The number of fused-ring (bicyclic) bond motifs is 2. The van der Waals surface area contributed by atoms with Gasteiger partial charge in [0.1, 0.15) is 6.10 Å². The molecule has 5 heteroatoms. The van der Waals surface area contributed by atoms with Crippen LogP contribution in [0.3, 0.4) is 0 Å². The molecule has 0 heterocycles. The maximum atomic E-state index is 10.8. The minimum absolute atomic E-state index is 0.132. The molecule has 0 aromatic rings. The fourth-order valence-corrected chi connectivity index (χ4v) is 6.12. The van der Waals surface area contributed by atoms with Gasteiger partial charge in [0.15, 0.2) is 0 Å². The molecule has 2 N–H and O–H groups in total. The standard InChI is InChI=1S/C16H30N2O3/c1-5-13(21-18(19)20)15(4)8-14(3)6-12(2)7-16(9-14,10-15)11-17/h12-13H,5-11,17H2,1-4H3. The van der Waals surface area contributed by atoms with Crippen LogP contribution < -0.4 is 5.73 Å². The number of rotatable bonds is 5. The quantitative estimate of drug-likeness (QED) is 0.622. The third-order valence-electron chi connectivity index (χ3n) is 5.83. The molecule has 5 unspecified atom stereocenters. The smallest absolute Gasteiger partial charge is 0.294 e. The molecule has 2 aliphatic rings. The molecular formula is C16H30N2O3. The van der Waals surface area contributed by atoms with Crippen molar-refractivity contribution in [1.29, 1.82) is 0 Å². The van der Waals surface area contributed by atoms with Crippen LogP contribution in [0.2, 0.25) is 0 Å². The highest BCUT2D eigenvalue weighted by atomic mass is 17.0. The second-order valence-corrected chi connectivity index (χ2v) is 8.44. The van der Waals surface area contributed by atoms with Gasteiger partial charge in [0.05, 0.1) is 0 Å². The summed E-state index contributed by atoms with van der Waals surface area (Å²) < 4.78 is 0. The van der Waals surface area contributed by atoms with Crippen molar-refractivity contribution in [2.45, 2.75) is 72.3 Å². The Morgan fingerprint density at radius 2 is 2.00 bits per heavy atom. The molecule has 2 saturated carbocycles. The number of hydrogen-bond acceptors (Lipinski definition) is 4. The summed E-state index contributed by atoms with van der Waals surface area (Å²) in [6.45, 7) is 9.47. The van der Waals surface area contributed by atoms with E-state index in [2.05, 4.69) is 20.8 Å². The van der Waals surface area contributed by atoms with Crippen molar-refractivity contribution in [1.82, 2.24) is 0 Å². The van der Waals surface area contributed by atoms with Crippen LogP contribution in [0.15, 0.2) is 0 Å². The topological polar surface area (TPSA) is 78.4 Å². The first-order valence-electron chi connectivity index (χ1n) is 8.17. The molecule has 0 aromatic heterocycles. The van der Waals surface area contributed by atoms with Crippen LogP contribution in [0.1, 0.15) is 66.2 Å². The molecule has 5 nitrogen and oxygen atoms in total. The van der Waals surface area contributed by atoms with E-state index < -0.39 is 5.09 Å². The first kappa shape index (κ1) is 16.5. The van der Waals surface area contributed by atoms with Gasteiger partial charge in [-0.05, 0) is 67.2 Å². The van der Waals surface area contributed by atoms with Crippen LogP contribution in [0.5, 0.6) is 0 Å². The Morgan fingerprint density at radius 3 is 2.52 bits per heavy atom. The predicted octanol–water partition coefficient (Wildman–Crippen LogP) is 3.54. The van der Waals surface area contributed by atoms with E-state index in [0.717, 1.165) is 25.7 Å². The van der Waals surface area contributed by atoms with Crippen LogP contribution >= 0.6 is 0 Å². The van der Waals surface area contributed by atoms with E-state index in [9.17, 15) is 10.1 Å². The molecular weight excluding hydrogens is 268 g/mol. The van der Waals surface area contributed by atoms with Gasteiger partial charge in [-0.15, -0.1) is 10.1 Å². The Labute approximate surface area is 127 Å². The highest BCUT2D eigenvalue weighted by Crippen LogP contribution is 2.63. The molecule has 0 radical (unpaired) electrons. The molecule has 2 bridgehead atoms. The van der Waals surface area contributed by atoms with E-state index in [-0.39, 0.29) is 22.3 Å². The Balaban J connectivity index is 2.31. The van der Waals surface area contributed by atoms with Crippen LogP contribution in [0.4, 0.5) is 0 Å². The highest BCUT2D eigenvalue weighted by molar-refractivity contribution is 5.06. The van der Waals surface area contributed by atoms with Crippen molar-refractivity contribution in [3.05, 3.63) is 10.1 Å². The summed E-state index contributed by atoms with van der Waals surface area (Å²) >= 11 is 0. The Hall–Kier alpha value is -0.840. The van der Waals surface area contributed by atoms with Crippen molar-refractivity contribution in [2.75, 3.05) is 6.54 Å². The van der Waals surface area contributed by atoms with Gasteiger partial charge in [0.25, 0.3) is 5.09 Å². The van der Waals surface area contributed by atoms with E-state index in [1.807, 2.05) is 6.92 Å². The zero-order chi connectivity index (χ0) is 15.9. The molecule has 0 amide bonds. The third kappa shape index (κ3) is 3.17. The molecule has 122 valence electrons. The summed E-state index contributed by atoms with van der Waals surface area (Å²) in [5, 5.41) is 10.2. The van der Waals surface area contributed by atoms with Crippen LogP contribution in [-0.2, 0) is 4.84 Å². The largest absolute Gasteiger partial charge is 0.330 e. The van der Waals surface area contributed by atoms with E-state index in [1.165, 1.54) is 6.42 Å². The maximum Gasteiger partial charge on any atom is 0.294 e. The summed E-state index contributed by atoms with van der Waals surface area (Å²) in [6, 6.07) is 0. The molecule has 2 fully saturated rings. The molecule has 2 rings (SSSR count). The third-order valence-corrected chi connectivity index (χ3v) is 5.83. The van der Waals surface area contributed by atoms with Gasteiger partial charge >= 0.3 is 0 Å². The summed E-state index contributed by atoms with van der Waals surface area (Å²) in [5.74, 6) is 0.688. The molecule has 0 aromatic carbocycles. The lowest BCUT2D eigenvalue weighted by Gasteiger charge is -2.60. The second kappa shape index (κ2) is 5.41. The number of hydrogen-bond donors (Lipinski definition) is 1. The summed E-state index contributed by atoms with van der Waals surface area (Å²) in [6.07, 6.45) is 5.78. The van der Waals surface area contributed by atoms with Gasteiger partial charge < -0.3 is 10.6 Å². The van der Waals surface area contributed by atoms with Gasteiger partial charge in [-0.2, -0.15) is 0 Å². The van der Waals surface area contributed by atoms with E-state index in [4.69, 9.17) is 10.6 Å². The SMILES string of the molecule is CCC(O[N+](=O)[O-])C1(C)CC2(C)CC(C)CC(CN)(C2)C1. The molecule has 2 aliphatic carbocycles. The first-order valence-corrected chi connectivity index (χ1v) is 8.17. The average Bonchev–Trinajstić information content (AvgIpc) is 2.32. The van der Waals surface area contributed by atoms with Gasteiger partial charge in [0, 0.05) is 0 Å². The van der Waals surface area contributed by atoms with E-state index >= 15 is 0 Å². The van der Waals surface area contributed by atoms with Crippen molar-refractivity contribution in [2.24, 2.45) is 27.9 Å². The minimum atomic E-state index is -0.621. The van der Waals surface area contributed by atoms with E-state index in [0.29, 0.717) is 18.9 Å². The van der Waals surface area contributed by atoms with Crippen molar-refractivity contribution >= 4 is 0 Å². The maximum absolute atomic E-state index is 10.8. The second-order valence-electron chi connectivity index (χ2n) is 8.44. The van der Waals surface area contributed by atoms with E-state index in [1.54, 1.807) is 0 Å². The van der Waals surface area contributed by atoms with Gasteiger partial charge in [-0.25, -0.2) is 0 Å². The monoisotopic (exact) mass is 298 g/mol. The Morgan fingerprint density at radius 1 is 1.33 bits per heavy atom. The highest BCUT2D eigenvalue weighted by Gasteiger charge is 2.56. The van der Waals surface area contributed by atoms with Gasteiger partial charge in [-0.3, -0.25) is 0 Å². The van der Waals surface area contributed by atoms with Crippen LogP contribution in [0, 0.1) is 32.3 Å². The Bertz CT molecular complexity index is 416. The van der Waals surface area contributed by atoms with Gasteiger partial charge in [-0.1, -0.05) is 27.7 Å².